The molecule has 0 aliphatic carbocycles. The van der Waals surface area contributed by atoms with Crippen molar-refractivity contribution in [2.75, 3.05) is 18.5 Å². The van der Waals surface area contributed by atoms with Crippen LogP contribution in [0.2, 0.25) is 0 Å². The number of likely N-dealkylation sites (N-methyl/N-ethyl adjacent to an activating group) is 1. The van der Waals surface area contributed by atoms with E-state index in [4.69, 9.17) is 5.11 Å². The lowest BCUT2D eigenvalue weighted by molar-refractivity contribution is -0.135. The van der Waals surface area contributed by atoms with Crippen LogP contribution >= 0.6 is 27.3 Å². The highest BCUT2D eigenvalue weighted by Crippen LogP contribution is 2.21. The van der Waals surface area contributed by atoms with E-state index in [1.807, 2.05) is 5.38 Å². The Hall–Kier alpha value is -0.620. The summed E-state index contributed by atoms with van der Waals surface area (Å²) in [5.74, 6) is -0.858. The second-order valence-electron chi connectivity index (χ2n) is 2.20. The van der Waals surface area contributed by atoms with E-state index >= 15 is 0 Å². The van der Waals surface area contributed by atoms with Gasteiger partial charge in [0.2, 0.25) is 0 Å². The molecular formula is C6H7BrN2O2S. The number of carboxylic acids is 1. The predicted molar refractivity (Wildman–Crippen MR) is 50.7 cm³/mol. The van der Waals surface area contributed by atoms with Gasteiger partial charge in [0.25, 0.3) is 0 Å². The van der Waals surface area contributed by atoms with Gasteiger partial charge in [0.1, 0.15) is 11.1 Å². The zero-order valence-corrected chi connectivity index (χ0v) is 8.72. The SMILES string of the molecule is CN(CC(=O)O)c1nc(Br)cs1. The molecule has 66 valence electrons. The van der Waals surface area contributed by atoms with Gasteiger partial charge in [-0.2, -0.15) is 0 Å². The van der Waals surface area contributed by atoms with E-state index in [-0.39, 0.29) is 6.54 Å². The van der Waals surface area contributed by atoms with Crippen molar-refractivity contribution in [3.05, 3.63) is 9.98 Å². The van der Waals surface area contributed by atoms with Crippen molar-refractivity contribution in [1.82, 2.24) is 4.98 Å². The van der Waals surface area contributed by atoms with Crippen LogP contribution in [0, 0.1) is 0 Å². The van der Waals surface area contributed by atoms with E-state index in [9.17, 15) is 4.79 Å². The number of hydrogen-bond acceptors (Lipinski definition) is 4. The maximum Gasteiger partial charge on any atom is 0.323 e. The molecule has 0 bridgehead atoms. The number of halogens is 1. The van der Waals surface area contributed by atoms with Gasteiger partial charge in [0.15, 0.2) is 5.13 Å². The number of hydrogen-bond donors (Lipinski definition) is 1. The van der Waals surface area contributed by atoms with Crippen molar-refractivity contribution in [1.29, 1.82) is 0 Å². The fourth-order valence-electron chi connectivity index (χ4n) is 0.691. The summed E-state index contributed by atoms with van der Waals surface area (Å²) >= 11 is 4.60. The number of carbonyl (C=O) groups is 1. The Morgan fingerprint density at radius 3 is 3.00 bits per heavy atom. The van der Waals surface area contributed by atoms with E-state index < -0.39 is 5.97 Å². The van der Waals surface area contributed by atoms with E-state index in [1.165, 1.54) is 11.3 Å². The van der Waals surface area contributed by atoms with Gasteiger partial charge in [-0.1, -0.05) is 0 Å². The lowest BCUT2D eigenvalue weighted by atomic mass is 10.6. The fourth-order valence-corrected chi connectivity index (χ4v) is 1.91. The smallest absolute Gasteiger partial charge is 0.323 e. The first-order chi connectivity index (χ1) is 5.59. The molecule has 0 atom stereocenters. The van der Waals surface area contributed by atoms with E-state index in [0.29, 0.717) is 5.13 Å². The quantitative estimate of drug-likeness (QED) is 0.882. The van der Waals surface area contributed by atoms with Crippen molar-refractivity contribution in [3.8, 4) is 0 Å². The highest BCUT2D eigenvalue weighted by molar-refractivity contribution is 9.10. The molecule has 0 saturated heterocycles. The first-order valence-corrected chi connectivity index (χ1v) is 4.81. The highest BCUT2D eigenvalue weighted by atomic mass is 79.9. The molecule has 0 unspecified atom stereocenters. The minimum atomic E-state index is -0.858. The average Bonchev–Trinajstić information content (AvgIpc) is 2.34. The van der Waals surface area contributed by atoms with Crippen LogP contribution < -0.4 is 4.90 Å². The first kappa shape index (κ1) is 9.47. The number of nitrogens with zero attached hydrogens (tertiary/aromatic N) is 2. The number of anilines is 1. The van der Waals surface area contributed by atoms with E-state index in [0.717, 1.165) is 4.60 Å². The molecule has 1 N–H and O–H groups in total. The standard InChI is InChI=1S/C6H7BrN2O2S/c1-9(2-5(10)11)6-8-4(7)3-12-6/h3H,2H2,1H3,(H,10,11). The lowest BCUT2D eigenvalue weighted by Crippen LogP contribution is -2.24. The molecule has 0 spiro atoms. The minimum absolute atomic E-state index is 0.0278. The summed E-state index contributed by atoms with van der Waals surface area (Å²) in [4.78, 5) is 16.0. The highest BCUT2D eigenvalue weighted by Gasteiger charge is 2.08. The zero-order valence-electron chi connectivity index (χ0n) is 6.32. The Morgan fingerprint density at radius 2 is 2.58 bits per heavy atom. The molecule has 0 aliphatic rings. The number of aliphatic carboxylic acids is 1. The van der Waals surface area contributed by atoms with Crippen LogP contribution in [0.3, 0.4) is 0 Å². The van der Waals surface area contributed by atoms with Gasteiger partial charge in [-0.3, -0.25) is 4.79 Å². The van der Waals surface area contributed by atoms with Crippen LogP contribution in [0.25, 0.3) is 0 Å². The molecule has 0 fully saturated rings. The van der Waals surface area contributed by atoms with Gasteiger partial charge in [-0.15, -0.1) is 11.3 Å². The van der Waals surface area contributed by atoms with Crippen LogP contribution in [0.4, 0.5) is 5.13 Å². The predicted octanol–water partition coefficient (Wildman–Crippen LogP) is 1.43. The number of rotatable bonds is 3. The molecule has 1 rings (SSSR count). The van der Waals surface area contributed by atoms with Crippen molar-refractivity contribution < 1.29 is 9.90 Å². The van der Waals surface area contributed by atoms with Gasteiger partial charge in [0, 0.05) is 12.4 Å². The largest absolute Gasteiger partial charge is 0.480 e. The number of aromatic nitrogens is 1. The maximum atomic E-state index is 10.3. The molecule has 0 aliphatic heterocycles. The van der Waals surface area contributed by atoms with E-state index in [2.05, 4.69) is 20.9 Å². The number of carboxylic acid groups (broad SMARTS) is 1. The minimum Gasteiger partial charge on any atom is -0.480 e. The Bertz CT molecular complexity index is 289. The summed E-state index contributed by atoms with van der Waals surface area (Å²) in [5, 5.41) is 11.0. The maximum absolute atomic E-state index is 10.3. The van der Waals surface area contributed by atoms with Gasteiger partial charge in [-0.05, 0) is 15.9 Å². The Kier molecular flexibility index (Phi) is 3.05. The molecule has 1 aromatic rings. The van der Waals surface area contributed by atoms with Crippen molar-refractivity contribution in [2.24, 2.45) is 0 Å². The third kappa shape index (κ3) is 2.46. The van der Waals surface area contributed by atoms with Crippen LogP contribution in [-0.4, -0.2) is 29.7 Å². The summed E-state index contributed by atoms with van der Waals surface area (Å²) in [6.07, 6.45) is 0. The molecule has 0 saturated carbocycles. The van der Waals surface area contributed by atoms with Crippen molar-refractivity contribution >= 4 is 38.4 Å². The van der Waals surface area contributed by atoms with Gasteiger partial charge >= 0.3 is 5.97 Å². The van der Waals surface area contributed by atoms with Crippen molar-refractivity contribution in [3.63, 3.8) is 0 Å². The summed E-state index contributed by atoms with van der Waals surface area (Å²) in [6.45, 7) is -0.0278. The van der Waals surface area contributed by atoms with Gasteiger partial charge in [0.05, 0.1) is 0 Å². The van der Waals surface area contributed by atoms with Crippen LogP contribution in [0.5, 0.6) is 0 Å². The van der Waals surface area contributed by atoms with Crippen molar-refractivity contribution in [2.45, 2.75) is 0 Å². The summed E-state index contributed by atoms with van der Waals surface area (Å²) < 4.78 is 0.736. The second-order valence-corrected chi connectivity index (χ2v) is 3.85. The van der Waals surface area contributed by atoms with Gasteiger partial charge < -0.3 is 10.0 Å². The van der Waals surface area contributed by atoms with Crippen LogP contribution in [0.15, 0.2) is 9.98 Å². The topological polar surface area (TPSA) is 53.4 Å². The van der Waals surface area contributed by atoms with Crippen LogP contribution in [-0.2, 0) is 4.79 Å². The first-order valence-electron chi connectivity index (χ1n) is 3.13. The lowest BCUT2D eigenvalue weighted by Gasteiger charge is -2.11. The summed E-state index contributed by atoms with van der Waals surface area (Å²) in [6, 6.07) is 0. The second kappa shape index (κ2) is 3.86. The Morgan fingerprint density at radius 1 is 1.92 bits per heavy atom. The van der Waals surface area contributed by atoms with Crippen LogP contribution in [0.1, 0.15) is 0 Å². The molecule has 4 nitrogen and oxygen atoms in total. The molecule has 0 aromatic carbocycles. The molecule has 0 amide bonds. The molecule has 12 heavy (non-hydrogen) atoms. The third-order valence-corrected chi connectivity index (χ3v) is 2.83. The Labute approximate surface area is 82.0 Å². The molecule has 6 heteroatoms. The average molecular weight is 251 g/mol. The monoisotopic (exact) mass is 250 g/mol. The molecule has 1 heterocycles. The third-order valence-electron chi connectivity index (χ3n) is 1.16. The summed E-state index contributed by atoms with van der Waals surface area (Å²) in [7, 11) is 1.69. The fraction of sp³-hybridized carbons (Fsp3) is 0.333. The normalized spacial score (nSPS) is 9.83. The zero-order chi connectivity index (χ0) is 9.14. The molecule has 0 radical (unpaired) electrons. The number of thiazole rings is 1. The molecular weight excluding hydrogens is 244 g/mol. The molecule has 1 aromatic heterocycles. The Balaban J connectivity index is 2.64. The van der Waals surface area contributed by atoms with Gasteiger partial charge in [-0.25, -0.2) is 4.98 Å². The summed E-state index contributed by atoms with van der Waals surface area (Å²) in [5.41, 5.74) is 0. The van der Waals surface area contributed by atoms with E-state index in [1.54, 1.807) is 11.9 Å².